The van der Waals surface area contributed by atoms with Crippen LogP contribution in [0.4, 0.5) is 0 Å². The van der Waals surface area contributed by atoms with Crippen molar-refractivity contribution >= 4 is 13.8 Å². The minimum Gasteiger partial charge on any atom is -0.506 e. The van der Waals surface area contributed by atoms with Crippen LogP contribution in [0.2, 0.25) is 0 Å². The van der Waals surface area contributed by atoms with Crippen molar-refractivity contribution < 1.29 is 39.0 Å². The molecular formula is C12H19N2O8P. The summed E-state index contributed by atoms with van der Waals surface area (Å²) in [6.07, 6.45) is 1.25. The molecule has 23 heavy (non-hydrogen) atoms. The molecule has 0 aliphatic carbocycles. The number of carboxylic acids is 1. The number of aryl methyl sites for hydroxylation is 1. The van der Waals surface area contributed by atoms with Crippen molar-refractivity contribution in [1.29, 1.82) is 0 Å². The van der Waals surface area contributed by atoms with Crippen molar-refractivity contribution in [1.82, 2.24) is 10.3 Å². The maximum atomic E-state index is 11.0. The zero-order valence-corrected chi connectivity index (χ0v) is 13.2. The molecule has 10 nitrogen and oxygen atoms in total. The molecular weight excluding hydrogens is 331 g/mol. The normalized spacial score (nSPS) is 13.0. The number of nitrogens with one attached hydrogen (secondary N) is 1. The minimum atomic E-state index is -4.70. The monoisotopic (exact) mass is 350 g/mol. The molecule has 0 spiro atoms. The Morgan fingerprint density at radius 1 is 1.48 bits per heavy atom. The number of hydrogen-bond acceptors (Lipinski definition) is 7. The van der Waals surface area contributed by atoms with E-state index in [0.29, 0.717) is 0 Å². The number of hydrogen-bond donors (Lipinski definition) is 6. The van der Waals surface area contributed by atoms with Gasteiger partial charge in [0, 0.05) is 30.5 Å². The molecule has 0 aromatic carbocycles. The lowest BCUT2D eigenvalue weighted by Crippen LogP contribution is -2.37. The van der Waals surface area contributed by atoms with Crippen LogP contribution >= 0.6 is 7.82 Å². The van der Waals surface area contributed by atoms with Crippen LogP contribution in [-0.4, -0.2) is 48.7 Å². The molecule has 0 fully saturated rings. The lowest BCUT2D eigenvalue weighted by atomic mass is 10.1. The third-order valence-corrected chi connectivity index (χ3v) is 3.52. The molecule has 11 heteroatoms. The average Bonchev–Trinajstić information content (AvgIpc) is 2.45. The fourth-order valence-electron chi connectivity index (χ4n) is 1.83. The van der Waals surface area contributed by atoms with E-state index in [0.717, 1.165) is 0 Å². The Hall–Kier alpha value is -1.55. The smallest absolute Gasteiger partial charge is 0.469 e. The lowest BCUT2D eigenvalue weighted by molar-refractivity contribution is -0.140. The van der Waals surface area contributed by atoms with Gasteiger partial charge in [0.05, 0.1) is 12.3 Å². The molecule has 0 unspecified atom stereocenters. The Morgan fingerprint density at radius 3 is 2.65 bits per heavy atom. The van der Waals surface area contributed by atoms with Gasteiger partial charge in [-0.2, -0.15) is 0 Å². The van der Waals surface area contributed by atoms with Crippen molar-refractivity contribution in [3.05, 3.63) is 23.0 Å². The van der Waals surface area contributed by atoms with Gasteiger partial charge in [-0.3, -0.25) is 14.3 Å². The topological polar surface area (TPSA) is 169 Å². The predicted octanol–water partition coefficient (Wildman–Crippen LogP) is -0.370. The van der Waals surface area contributed by atoms with Gasteiger partial charge in [-0.15, -0.1) is 0 Å². The van der Waals surface area contributed by atoms with Crippen LogP contribution in [0.25, 0.3) is 0 Å². The van der Waals surface area contributed by atoms with Gasteiger partial charge in [0.2, 0.25) is 0 Å². The molecule has 6 N–H and O–H groups in total. The molecule has 0 saturated carbocycles. The molecule has 0 radical (unpaired) electrons. The largest absolute Gasteiger partial charge is 0.506 e. The third kappa shape index (κ3) is 6.22. The van der Waals surface area contributed by atoms with E-state index < -0.39 is 26.4 Å². The van der Waals surface area contributed by atoms with Crippen molar-refractivity contribution in [3.8, 4) is 5.75 Å². The van der Waals surface area contributed by atoms with E-state index in [-0.39, 0.29) is 42.1 Å². The molecule has 1 aromatic rings. The number of aliphatic hydroxyl groups excluding tert-OH is 1. The molecule has 0 saturated heterocycles. The van der Waals surface area contributed by atoms with Crippen LogP contribution in [-0.2, 0) is 27.0 Å². The van der Waals surface area contributed by atoms with Gasteiger partial charge in [0.1, 0.15) is 11.8 Å². The molecule has 0 aliphatic rings. The number of carboxylic acid groups (broad SMARTS) is 1. The number of phosphoric acid groups is 1. The summed E-state index contributed by atoms with van der Waals surface area (Å²) in [4.78, 5) is 32.4. The van der Waals surface area contributed by atoms with E-state index in [1.807, 2.05) is 0 Å². The molecule has 1 heterocycles. The van der Waals surface area contributed by atoms with Gasteiger partial charge in [0.15, 0.2) is 0 Å². The van der Waals surface area contributed by atoms with Crippen LogP contribution < -0.4 is 5.32 Å². The fourth-order valence-corrected chi connectivity index (χ4v) is 2.13. The van der Waals surface area contributed by atoms with E-state index in [1.54, 1.807) is 0 Å². The van der Waals surface area contributed by atoms with E-state index in [2.05, 4.69) is 14.8 Å². The number of aliphatic hydroxyl groups is 1. The first kappa shape index (κ1) is 19.5. The maximum absolute atomic E-state index is 11.0. The highest BCUT2D eigenvalue weighted by atomic mass is 31.2. The van der Waals surface area contributed by atoms with Crippen molar-refractivity contribution in [2.24, 2.45) is 0 Å². The number of rotatable bonds is 9. The van der Waals surface area contributed by atoms with Gasteiger partial charge in [0.25, 0.3) is 0 Å². The van der Waals surface area contributed by atoms with Crippen molar-refractivity contribution in [2.75, 3.05) is 6.61 Å². The van der Waals surface area contributed by atoms with E-state index in [1.165, 1.54) is 13.1 Å². The number of nitrogens with zero attached hydrogens (tertiary/aromatic N) is 1. The first-order chi connectivity index (χ1) is 10.7. The number of pyridine rings is 1. The van der Waals surface area contributed by atoms with Crippen LogP contribution in [0.3, 0.4) is 0 Å². The van der Waals surface area contributed by atoms with E-state index >= 15 is 0 Å². The lowest BCUT2D eigenvalue weighted by Gasteiger charge is -2.17. The highest BCUT2D eigenvalue weighted by Crippen LogP contribution is 2.38. The summed E-state index contributed by atoms with van der Waals surface area (Å²) in [6, 6.07) is -1.04. The maximum Gasteiger partial charge on any atom is 0.469 e. The average molecular weight is 350 g/mol. The van der Waals surface area contributed by atoms with E-state index in [9.17, 15) is 14.5 Å². The highest BCUT2D eigenvalue weighted by Gasteiger charge is 2.21. The van der Waals surface area contributed by atoms with Gasteiger partial charge < -0.3 is 30.4 Å². The molecule has 0 aliphatic heterocycles. The van der Waals surface area contributed by atoms with Gasteiger partial charge in [-0.25, -0.2) is 4.57 Å². The predicted molar refractivity (Wildman–Crippen MR) is 77.4 cm³/mol. The van der Waals surface area contributed by atoms with Crippen molar-refractivity contribution in [3.63, 3.8) is 0 Å². The Balaban J connectivity index is 2.96. The molecule has 1 rings (SSSR count). The Labute approximate surface area is 132 Å². The Bertz CT molecular complexity index is 603. The number of carbonyl (C=O) groups is 1. The van der Waals surface area contributed by atoms with Crippen LogP contribution in [0.1, 0.15) is 23.2 Å². The second-order valence-electron chi connectivity index (χ2n) is 4.74. The summed E-state index contributed by atoms with van der Waals surface area (Å²) in [6.45, 7) is 0.584. The quantitative estimate of drug-likeness (QED) is 0.323. The summed E-state index contributed by atoms with van der Waals surface area (Å²) in [5.74, 6) is -1.39. The number of aliphatic carboxylic acids is 1. The summed E-state index contributed by atoms with van der Waals surface area (Å²) < 4.78 is 15.2. The van der Waals surface area contributed by atoms with Gasteiger partial charge in [-0.05, 0) is 13.3 Å². The first-order valence-electron chi connectivity index (χ1n) is 6.59. The zero-order valence-electron chi connectivity index (χ0n) is 12.3. The van der Waals surface area contributed by atoms with Crippen LogP contribution in [0, 0.1) is 6.92 Å². The standard InChI is InChI=1S/C12H19N2O8P/c1-7-11(16)9(5-14-10(2-3-15)12(17)18)8(4-13-7)6-22-23(19,20)21/h4,10,14-16H,2-3,5-6H2,1H3,(H,17,18)(H2,19,20,21)/t10-/m0/s1. The molecule has 1 aromatic heterocycles. The minimum absolute atomic E-state index is 0.0333. The summed E-state index contributed by atoms with van der Waals surface area (Å²) in [7, 11) is -4.70. The molecule has 130 valence electrons. The molecule has 1 atom stereocenters. The second kappa shape index (κ2) is 8.34. The van der Waals surface area contributed by atoms with Gasteiger partial charge in [-0.1, -0.05) is 0 Å². The zero-order chi connectivity index (χ0) is 17.6. The number of aromatic nitrogens is 1. The number of aromatic hydroxyl groups is 1. The first-order valence-corrected chi connectivity index (χ1v) is 8.12. The van der Waals surface area contributed by atoms with Crippen molar-refractivity contribution in [2.45, 2.75) is 32.5 Å². The third-order valence-electron chi connectivity index (χ3n) is 3.06. The highest BCUT2D eigenvalue weighted by molar-refractivity contribution is 7.46. The van der Waals surface area contributed by atoms with Gasteiger partial charge >= 0.3 is 13.8 Å². The van der Waals surface area contributed by atoms with Crippen LogP contribution in [0.5, 0.6) is 5.75 Å². The molecule has 0 amide bonds. The molecule has 0 bridgehead atoms. The summed E-state index contributed by atoms with van der Waals surface area (Å²) >= 11 is 0. The second-order valence-corrected chi connectivity index (χ2v) is 5.98. The Kier molecular flexibility index (Phi) is 7.07. The SMILES string of the molecule is Cc1ncc(COP(=O)(O)O)c(CN[C@@H](CCO)C(=O)O)c1O. The Morgan fingerprint density at radius 2 is 2.13 bits per heavy atom. The summed E-state index contributed by atoms with van der Waals surface area (Å²) in [5, 5.41) is 30.5. The number of phosphoric ester groups is 1. The summed E-state index contributed by atoms with van der Waals surface area (Å²) in [5.41, 5.74) is 0.697. The van der Waals surface area contributed by atoms with Crippen LogP contribution in [0.15, 0.2) is 6.20 Å². The van der Waals surface area contributed by atoms with E-state index in [4.69, 9.17) is 20.0 Å². The fraction of sp³-hybridized carbons (Fsp3) is 0.500.